The van der Waals surface area contributed by atoms with Gasteiger partial charge < -0.3 is 9.47 Å². The third kappa shape index (κ3) is 3.03. The molecule has 7 nitrogen and oxygen atoms in total. The number of nitro groups is 1. The van der Waals surface area contributed by atoms with Crippen LogP contribution in [0, 0.1) is 10.1 Å². The molecule has 0 bridgehead atoms. The third-order valence-corrected chi connectivity index (χ3v) is 2.09. The van der Waals surface area contributed by atoms with Gasteiger partial charge in [-0.05, 0) is 12.1 Å². The largest absolute Gasteiger partial charge is 0.465 e. The number of rotatable bonds is 4. The summed E-state index contributed by atoms with van der Waals surface area (Å²) in [5.41, 5.74) is -0.444. The van der Waals surface area contributed by atoms with Gasteiger partial charge in [-0.1, -0.05) is 6.92 Å². The summed E-state index contributed by atoms with van der Waals surface area (Å²) in [6.45, 7) is 1.57. The lowest BCUT2D eigenvalue weighted by molar-refractivity contribution is -0.385. The lowest BCUT2D eigenvalue weighted by Crippen LogP contribution is -2.08. The van der Waals surface area contributed by atoms with Crippen molar-refractivity contribution in [2.75, 3.05) is 7.11 Å². The summed E-state index contributed by atoms with van der Waals surface area (Å²) in [5.74, 6) is -1.49. The average molecular weight is 253 g/mol. The smallest absolute Gasteiger partial charge is 0.338 e. The zero-order valence-electron chi connectivity index (χ0n) is 9.84. The monoisotopic (exact) mass is 253 g/mol. The molecule has 0 saturated carbocycles. The molecule has 0 atom stereocenters. The van der Waals surface area contributed by atoms with Crippen LogP contribution in [0.25, 0.3) is 0 Å². The van der Waals surface area contributed by atoms with Gasteiger partial charge in [0.25, 0.3) is 0 Å². The van der Waals surface area contributed by atoms with Crippen molar-refractivity contribution in [3.8, 4) is 5.75 Å². The molecule has 0 saturated heterocycles. The van der Waals surface area contributed by atoms with Gasteiger partial charge in [-0.15, -0.1) is 0 Å². The fraction of sp³-hybridized carbons (Fsp3) is 0.273. The fourth-order valence-corrected chi connectivity index (χ4v) is 1.19. The van der Waals surface area contributed by atoms with Gasteiger partial charge in [-0.2, -0.15) is 0 Å². The first kappa shape index (κ1) is 13.6. The summed E-state index contributed by atoms with van der Waals surface area (Å²) in [6.07, 6.45) is 0.0932. The quantitative estimate of drug-likeness (QED) is 0.350. The minimum atomic E-state index is -0.731. The molecule has 0 aliphatic carbocycles. The van der Waals surface area contributed by atoms with Crippen LogP contribution in [0.2, 0.25) is 0 Å². The Morgan fingerprint density at radius 1 is 1.39 bits per heavy atom. The summed E-state index contributed by atoms with van der Waals surface area (Å²) in [6, 6.07) is 3.49. The number of esters is 2. The minimum Gasteiger partial charge on any atom is -0.465 e. The first-order valence-electron chi connectivity index (χ1n) is 5.07. The fourth-order valence-electron chi connectivity index (χ4n) is 1.19. The SMILES string of the molecule is CCC(=O)Oc1ccc(C(=O)OC)cc1[N+](=O)[O-]. The van der Waals surface area contributed by atoms with Crippen molar-refractivity contribution in [2.24, 2.45) is 0 Å². The van der Waals surface area contributed by atoms with E-state index < -0.39 is 22.5 Å². The summed E-state index contributed by atoms with van der Waals surface area (Å²) in [5, 5.41) is 10.8. The Labute approximate surface area is 102 Å². The van der Waals surface area contributed by atoms with Crippen LogP contribution in [0.5, 0.6) is 5.75 Å². The van der Waals surface area contributed by atoms with Gasteiger partial charge in [0.2, 0.25) is 5.75 Å². The first-order chi connectivity index (χ1) is 8.49. The van der Waals surface area contributed by atoms with E-state index in [0.717, 1.165) is 6.07 Å². The molecule has 0 N–H and O–H groups in total. The molecule has 1 aromatic carbocycles. The van der Waals surface area contributed by atoms with Crippen molar-refractivity contribution in [3.05, 3.63) is 33.9 Å². The average Bonchev–Trinajstić information content (AvgIpc) is 2.37. The van der Waals surface area contributed by atoms with Gasteiger partial charge in [-0.25, -0.2) is 4.79 Å². The Morgan fingerprint density at radius 3 is 2.56 bits per heavy atom. The predicted molar refractivity (Wildman–Crippen MR) is 60.4 cm³/mol. The molecule has 0 heterocycles. The van der Waals surface area contributed by atoms with Gasteiger partial charge in [0.1, 0.15) is 0 Å². The lowest BCUT2D eigenvalue weighted by Gasteiger charge is -2.05. The highest BCUT2D eigenvalue weighted by Gasteiger charge is 2.20. The second-order valence-electron chi connectivity index (χ2n) is 3.26. The molecule has 0 fully saturated rings. The number of carbonyl (C=O) groups excluding carboxylic acids is 2. The summed E-state index contributed by atoms with van der Waals surface area (Å²) >= 11 is 0. The maximum absolute atomic E-state index is 11.2. The molecule has 18 heavy (non-hydrogen) atoms. The Bertz CT molecular complexity index is 496. The van der Waals surface area contributed by atoms with Crippen molar-refractivity contribution >= 4 is 17.6 Å². The molecule has 0 aliphatic heterocycles. The number of hydrogen-bond acceptors (Lipinski definition) is 6. The highest BCUT2D eigenvalue weighted by molar-refractivity contribution is 5.90. The predicted octanol–water partition coefficient (Wildman–Crippen LogP) is 1.70. The van der Waals surface area contributed by atoms with E-state index in [2.05, 4.69) is 4.74 Å². The van der Waals surface area contributed by atoms with Crippen LogP contribution in [-0.2, 0) is 9.53 Å². The van der Waals surface area contributed by atoms with E-state index in [1.165, 1.54) is 19.2 Å². The van der Waals surface area contributed by atoms with E-state index in [1.807, 2.05) is 0 Å². The van der Waals surface area contributed by atoms with Crippen LogP contribution in [0.1, 0.15) is 23.7 Å². The standard InChI is InChI=1S/C11H11NO6/c1-3-10(13)18-9-5-4-7(11(14)17-2)6-8(9)12(15)16/h4-6H,3H2,1-2H3. The van der Waals surface area contributed by atoms with E-state index in [0.29, 0.717) is 0 Å². The molecule has 96 valence electrons. The van der Waals surface area contributed by atoms with Gasteiger partial charge in [-0.3, -0.25) is 14.9 Å². The van der Waals surface area contributed by atoms with Gasteiger partial charge >= 0.3 is 17.6 Å². The molecule has 1 rings (SSSR count). The van der Waals surface area contributed by atoms with Crippen LogP contribution in [0.3, 0.4) is 0 Å². The summed E-state index contributed by atoms with van der Waals surface area (Å²) in [7, 11) is 1.17. The topological polar surface area (TPSA) is 95.7 Å². The number of hydrogen-bond donors (Lipinski definition) is 0. The molecular weight excluding hydrogens is 242 g/mol. The Hall–Kier alpha value is -2.44. The molecule has 0 radical (unpaired) electrons. The second kappa shape index (κ2) is 5.76. The van der Waals surface area contributed by atoms with Gasteiger partial charge in [0, 0.05) is 12.5 Å². The molecule has 0 unspecified atom stereocenters. The lowest BCUT2D eigenvalue weighted by atomic mass is 10.2. The molecule has 7 heteroatoms. The maximum atomic E-state index is 11.2. The summed E-state index contributed by atoms with van der Waals surface area (Å²) < 4.78 is 9.24. The van der Waals surface area contributed by atoms with Crippen molar-refractivity contribution in [1.82, 2.24) is 0 Å². The normalized spacial score (nSPS) is 9.67. The van der Waals surface area contributed by atoms with Crippen LogP contribution >= 0.6 is 0 Å². The zero-order chi connectivity index (χ0) is 13.7. The molecule has 1 aromatic rings. The third-order valence-electron chi connectivity index (χ3n) is 2.09. The van der Waals surface area contributed by atoms with Crippen LogP contribution in [-0.4, -0.2) is 24.0 Å². The van der Waals surface area contributed by atoms with E-state index in [1.54, 1.807) is 6.92 Å². The van der Waals surface area contributed by atoms with Crippen molar-refractivity contribution < 1.29 is 24.0 Å². The molecular formula is C11H11NO6. The van der Waals surface area contributed by atoms with Crippen molar-refractivity contribution in [1.29, 1.82) is 0 Å². The number of carbonyl (C=O) groups is 2. The number of nitro benzene ring substituents is 1. The first-order valence-corrected chi connectivity index (χ1v) is 5.07. The van der Waals surface area contributed by atoms with Crippen LogP contribution in [0.4, 0.5) is 5.69 Å². The highest BCUT2D eigenvalue weighted by Crippen LogP contribution is 2.28. The van der Waals surface area contributed by atoms with Crippen LogP contribution < -0.4 is 4.74 Å². The number of ether oxygens (including phenoxy) is 2. The van der Waals surface area contributed by atoms with Crippen LogP contribution in [0.15, 0.2) is 18.2 Å². The molecule has 0 amide bonds. The van der Waals surface area contributed by atoms with E-state index in [4.69, 9.17) is 4.74 Å². The molecule has 0 spiro atoms. The van der Waals surface area contributed by atoms with E-state index in [-0.39, 0.29) is 17.7 Å². The van der Waals surface area contributed by atoms with E-state index >= 15 is 0 Å². The van der Waals surface area contributed by atoms with Gasteiger partial charge in [0.05, 0.1) is 17.6 Å². The Morgan fingerprint density at radius 2 is 2.06 bits per heavy atom. The number of nitrogens with zero attached hydrogens (tertiary/aromatic N) is 1. The maximum Gasteiger partial charge on any atom is 0.338 e. The number of benzene rings is 1. The zero-order valence-corrected chi connectivity index (χ0v) is 9.84. The highest BCUT2D eigenvalue weighted by atomic mass is 16.6. The minimum absolute atomic E-state index is 0.0143. The van der Waals surface area contributed by atoms with Crippen molar-refractivity contribution in [2.45, 2.75) is 13.3 Å². The van der Waals surface area contributed by atoms with E-state index in [9.17, 15) is 19.7 Å². The Balaban J connectivity index is 3.16. The Kier molecular flexibility index (Phi) is 4.36. The van der Waals surface area contributed by atoms with Crippen molar-refractivity contribution in [3.63, 3.8) is 0 Å². The van der Waals surface area contributed by atoms with Gasteiger partial charge in [0.15, 0.2) is 0 Å². The molecule has 0 aliphatic rings. The molecule has 0 aromatic heterocycles. The summed E-state index contributed by atoms with van der Waals surface area (Å²) in [4.78, 5) is 32.4. The second-order valence-corrected chi connectivity index (χ2v) is 3.26. The number of methoxy groups -OCH3 is 1.